The van der Waals surface area contributed by atoms with Gasteiger partial charge in [-0.2, -0.15) is 0 Å². The van der Waals surface area contributed by atoms with Crippen LogP contribution in [0.4, 0.5) is 0 Å². The molecule has 0 atom stereocenters. The average Bonchev–Trinajstić information content (AvgIpc) is 2.36. The Hall–Kier alpha value is -0.730. The number of hydrogen-bond donors (Lipinski definition) is 1. The highest BCUT2D eigenvalue weighted by atomic mass is 35.5. The molecule has 2 nitrogen and oxygen atoms in total. The van der Waals surface area contributed by atoms with Crippen LogP contribution in [0.1, 0.15) is 45.6 Å². The minimum Gasteiger partial charge on any atom is -0.496 e. The van der Waals surface area contributed by atoms with E-state index in [-0.39, 0.29) is 5.41 Å². The number of hydrogen-bond acceptors (Lipinski definition) is 2. The molecule has 1 saturated carbocycles. The summed E-state index contributed by atoms with van der Waals surface area (Å²) in [5.74, 6) is 0.961. The molecular formula is C17H26ClNO. The molecule has 1 aliphatic carbocycles. The first-order chi connectivity index (χ1) is 9.42. The summed E-state index contributed by atoms with van der Waals surface area (Å²) in [6, 6.07) is 5.98. The lowest BCUT2D eigenvalue weighted by Gasteiger charge is -2.54. The van der Waals surface area contributed by atoms with Crippen molar-refractivity contribution in [2.75, 3.05) is 20.2 Å². The highest BCUT2D eigenvalue weighted by Gasteiger charge is 2.51. The summed E-state index contributed by atoms with van der Waals surface area (Å²) >= 11 is 6.22. The molecule has 0 bridgehead atoms. The van der Waals surface area contributed by atoms with Gasteiger partial charge >= 0.3 is 0 Å². The first kappa shape index (κ1) is 15.7. The van der Waals surface area contributed by atoms with E-state index in [1.807, 2.05) is 12.1 Å². The van der Waals surface area contributed by atoms with Crippen molar-refractivity contribution in [3.8, 4) is 5.75 Å². The van der Waals surface area contributed by atoms with Crippen LogP contribution in [0.15, 0.2) is 18.2 Å². The highest BCUT2D eigenvalue weighted by molar-refractivity contribution is 6.30. The second-order valence-electron chi connectivity index (χ2n) is 6.82. The Kier molecular flexibility index (Phi) is 4.66. The maximum atomic E-state index is 6.22. The summed E-state index contributed by atoms with van der Waals surface area (Å²) in [6.45, 7) is 8.93. The lowest BCUT2D eigenvalue weighted by Crippen LogP contribution is -2.52. The van der Waals surface area contributed by atoms with E-state index in [0.29, 0.717) is 5.41 Å². The van der Waals surface area contributed by atoms with Crippen LogP contribution in [-0.2, 0) is 5.41 Å². The Labute approximate surface area is 127 Å². The fraction of sp³-hybridized carbons (Fsp3) is 0.647. The summed E-state index contributed by atoms with van der Waals surface area (Å²) in [5, 5.41) is 4.38. The molecule has 0 aromatic heterocycles. The summed E-state index contributed by atoms with van der Waals surface area (Å²) in [6.07, 6.45) is 3.51. The SMILES string of the molecule is CCCNCC1(c2cc(Cl)ccc2OC)CC(C)(C)C1. The maximum absolute atomic E-state index is 6.22. The molecule has 112 valence electrons. The Morgan fingerprint density at radius 2 is 2.00 bits per heavy atom. The molecule has 3 heteroatoms. The van der Waals surface area contributed by atoms with Crippen molar-refractivity contribution in [2.24, 2.45) is 5.41 Å². The van der Waals surface area contributed by atoms with E-state index < -0.39 is 0 Å². The van der Waals surface area contributed by atoms with Crippen molar-refractivity contribution >= 4 is 11.6 Å². The van der Waals surface area contributed by atoms with Gasteiger partial charge in [0.25, 0.3) is 0 Å². The highest BCUT2D eigenvalue weighted by Crippen LogP contribution is 2.57. The third-order valence-corrected chi connectivity index (χ3v) is 4.49. The van der Waals surface area contributed by atoms with Crippen LogP contribution in [0.25, 0.3) is 0 Å². The van der Waals surface area contributed by atoms with E-state index in [1.54, 1.807) is 7.11 Å². The molecule has 0 amide bonds. The van der Waals surface area contributed by atoms with Crippen molar-refractivity contribution in [3.05, 3.63) is 28.8 Å². The molecule has 1 fully saturated rings. The number of halogens is 1. The molecule has 0 unspecified atom stereocenters. The normalized spacial score (nSPS) is 19.4. The van der Waals surface area contributed by atoms with E-state index in [4.69, 9.17) is 16.3 Å². The number of benzene rings is 1. The number of ether oxygens (including phenoxy) is 1. The van der Waals surface area contributed by atoms with Gasteiger partial charge in [0.05, 0.1) is 7.11 Å². The Bertz CT molecular complexity index is 462. The van der Waals surface area contributed by atoms with Crippen LogP contribution in [0.3, 0.4) is 0 Å². The zero-order chi connectivity index (χ0) is 14.8. The minimum atomic E-state index is 0.162. The van der Waals surface area contributed by atoms with Gasteiger partial charge in [0.1, 0.15) is 5.75 Å². The molecule has 1 aliphatic rings. The first-order valence-corrected chi connectivity index (χ1v) is 7.85. The lowest BCUT2D eigenvalue weighted by molar-refractivity contribution is 0.0545. The van der Waals surface area contributed by atoms with E-state index in [0.717, 1.165) is 30.3 Å². The first-order valence-electron chi connectivity index (χ1n) is 7.47. The van der Waals surface area contributed by atoms with E-state index in [2.05, 4.69) is 32.2 Å². The second-order valence-corrected chi connectivity index (χ2v) is 7.26. The van der Waals surface area contributed by atoms with Gasteiger partial charge in [0, 0.05) is 22.5 Å². The zero-order valence-electron chi connectivity index (χ0n) is 13.1. The molecule has 0 heterocycles. The van der Waals surface area contributed by atoms with Gasteiger partial charge in [-0.1, -0.05) is 32.4 Å². The van der Waals surface area contributed by atoms with Crippen LogP contribution >= 0.6 is 11.6 Å². The molecular weight excluding hydrogens is 270 g/mol. The van der Waals surface area contributed by atoms with Gasteiger partial charge in [-0.15, -0.1) is 0 Å². The summed E-state index contributed by atoms with van der Waals surface area (Å²) in [7, 11) is 1.74. The van der Waals surface area contributed by atoms with Gasteiger partial charge < -0.3 is 10.1 Å². The molecule has 20 heavy (non-hydrogen) atoms. The summed E-state index contributed by atoms with van der Waals surface area (Å²) < 4.78 is 5.57. The van der Waals surface area contributed by atoms with Crippen LogP contribution in [0.2, 0.25) is 5.02 Å². The van der Waals surface area contributed by atoms with Gasteiger partial charge in [-0.3, -0.25) is 0 Å². The van der Waals surface area contributed by atoms with E-state index >= 15 is 0 Å². The molecule has 1 N–H and O–H groups in total. The predicted octanol–water partition coefficient (Wildman–Crippen LogP) is 4.41. The molecule has 2 rings (SSSR count). The number of rotatable bonds is 6. The summed E-state index contributed by atoms with van der Waals surface area (Å²) in [5.41, 5.74) is 1.83. The van der Waals surface area contributed by atoms with Crippen LogP contribution in [-0.4, -0.2) is 20.2 Å². The molecule has 0 radical (unpaired) electrons. The standard InChI is InChI=1S/C17H26ClNO/c1-5-8-19-12-17(10-16(2,3)11-17)14-9-13(18)6-7-15(14)20-4/h6-7,9,19H,5,8,10-12H2,1-4H3. The Morgan fingerprint density at radius 1 is 1.30 bits per heavy atom. The van der Waals surface area contributed by atoms with Crippen LogP contribution in [0, 0.1) is 5.41 Å². The molecule has 1 aromatic rings. The molecule has 0 spiro atoms. The van der Waals surface area contributed by atoms with Crippen molar-refractivity contribution in [1.82, 2.24) is 5.32 Å². The Balaban J connectivity index is 2.30. The molecule has 0 saturated heterocycles. The molecule has 1 aromatic carbocycles. The predicted molar refractivity (Wildman–Crippen MR) is 85.9 cm³/mol. The maximum Gasteiger partial charge on any atom is 0.122 e. The third-order valence-electron chi connectivity index (χ3n) is 4.26. The van der Waals surface area contributed by atoms with Gasteiger partial charge in [0.2, 0.25) is 0 Å². The van der Waals surface area contributed by atoms with Crippen molar-refractivity contribution in [3.63, 3.8) is 0 Å². The van der Waals surface area contributed by atoms with Gasteiger partial charge in [-0.05, 0) is 49.4 Å². The molecule has 0 aliphatic heterocycles. The second kappa shape index (κ2) is 5.95. The lowest BCUT2D eigenvalue weighted by atomic mass is 9.51. The largest absolute Gasteiger partial charge is 0.496 e. The third kappa shape index (κ3) is 3.12. The van der Waals surface area contributed by atoms with Crippen LogP contribution < -0.4 is 10.1 Å². The van der Waals surface area contributed by atoms with Crippen molar-refractivity contribution < 1.29 is 4.74 Å². The number of nitrogens with one attached hydrogen (secondary N) is 1. The zero-order valence-corrected chi connectivity index (χ0v) is 13.8. The average molecular weight is 296 g/mol. The fourth-order valence-corrected chi connectivity index (χ4v) is 3.96. The quantitative estimate of drug-likeness (QED) is 0.785. The number of methoxy groups -OCH3 is 1. The van der Waals surface area contributed by atoms with E-state index in [1.165, 1.54) is 18.4 Å². The van der Waals surface area contributed by atoms with E-state index in [9.17, 15) is 0 Å². The minimum absolute atomic E-state index is 0.162. The van der Waals surface area contributed by atoms with Crippen molar-refractivity contribution in [2.45, 2.75) is 45.4 Å². The van der Waals surface area contributed by atoms with Gasteiger partial charge in [-0.25, -0.2) is 0 Å². The topological polar surface area (TPSA) is 21.3 Å². The smallest absolute Gasteiger partial charge is 0.122 e. The summed E-state index contributed by atoms with van der Waals surface area (Å²) in [4.78, 5) is 0. The van der Waals surface area contributed by atoms with Crippen molar-refractivity contribution in [1.29, 1.82) is 0 Å². The fourth-order valence-electron chi connectivity index (χ4n) is 3.79. The van der Waals surface area contributed by atoms with Crippen LogP contribution in [0.5, 0.6) is 5.75 Å². The van der Waals surface area contributed by atoms with Gasteiger partial charge in [0.15, 0.2) is 0 Å². The monoisotopic (exact) mass is 295 g/mol. The Morgan fingerprint density at radius 3 is 2.55 bits per heavy atom.